The Balaban J connectivity index is 1.51. The molecule has 3 aliphatic heterocycles. The van der Waals surface area contributed by atoms with Gasteiger partial charge in [0.25, 0.3) is 10.0 Å². The topological polar surface area (TPSA) is 58.4 Å². The lowest BCUT2D eigenvalue weighted by Gasteiger charge is -2.54. The van der Waals surface area contributed by atoms with E-state index in [2.05, 4.69) is 16.0 Å². The Morgan fingerprint density at radius 1 is 1.19 bits per heavy atom. The lowest BCUT2D eigenvalue weighted by atomic mass is 9.68. The first-order valence-corrected chi connectivity index (χ1v) is 11.4. The van der Waals surface area contributed by atoms with Gasteiger partial charge in [0.15, 0.2) is 5.03 Å². The van der Waals surface area contributed by atoms with Crippen LogP contribution in [-0.2, 0) is 17.1 Å². The normalized spacial score (nSPS) is 35.5. The summed E-state index contributed by atoms with van der Waals surface area (Å²) in [6.07, 6.45) is 12.7. The summed E-state index contributed by atoms with van der Waals surface area (Å²) in [4.78, 5) is 6.80. The maximum atomic E-state index is 13.3. The van der Waals surface area contributed by atoms with Gasteiger partial charge in [-0.05, 0) is 50.5 Å². The number of aromatic nitrogens is 2. The number of rotatable bonds is 2. The van der Waals surface area contributed by atoms with E-state index in [-0.39, 0.29) is 11.1 Å². The molecule has 1 aromatic rings. The van der Waals surface area contributed by atoms with Crippen LogP contribution in [-0.4, -0.2) is 58.9 Å². The number of nitrogens with zero attached hydrogens (tertiary/aromatic N) is 4. The standard InChI is InChI=1S/C19H28N4O2S/c1-21-12-18(20-13-21)26(24,25)23-8-4-5-14-9-15-10-16(19(14)23)11-22-7-3-2-6-17(15)22/h9,12-13,15-17,19H,2-8,10-11H2,1H3/t15-,16+,17-,19-/m1/s1. The van der Waals surface area contributed by atoms with Crippen molar-refractivity contribution in [2.75, 3.05) is 19.6 Å². The molecule has 3 fully saturated rings. The predicted molar refractivity (Wildman–Crippen MR) is 99.0 cm³/mol. The minimum atomic E-state index is -3.54. The van der Waals surface area contributed by atoms with Gasteiger partial charge < -0.3 is 4.57 Å². The van der Waals surface area contributed by atoms with E-state index in [1.165, 1.54) is 31.4 Å². The smallest absolute Gasteiger partial charge is 0.262 e. The van der Waals surface area contributed by atoms with Crippen LogP contribution in [0.1, 0.15) is 38.5 Å². The van der Waals surface area contributed by atoms with Crippen molar-refractivity contribution in [2.45, 2.75) is 55.6 Å². The Morgan fingerprint density at radius 2 is 2.08 bits per heavy atom. The number of fused-ring (bicyclic) bond motifs is 6. The van der Waals surface area contributed by atoms with Gasteiger partial charge in [-0.1, -0.05) is 18.1 Å². The van der Waals surface area contributed by atoms with Crippen LogP contribution >= 0.6 is 0 Å². The van der Waals surface area contributed by atoms with Crippen molar-refractivity contribution in [3.05, 3.63) is 24.2 Å². The minimum absolute atomic E-state index is 0.0369. The predicted octanol–water partition coefficient (Wildman–Crippen LogP) is 2.00. The number of hydrogen-bond acceptors (Lipinski definition) is 4. The third-order valence-corrected chi connectivity index (χ3v) is 8.63. The van der Waals surface area contributed by atoms with Gasteiger partial charge in [-0.25, -0.2) is 13.4 Å². The first-order valence-electron chi connectivity index (χ1n) is 9.98. The average molecular weight is 377 g/mol. The van der Waals surface area contributed by atoms with Crippen molar-refractivity contribution >= 4 is 10.0 Å². The third kappa shape index (κ3) is 2.59. The van der Waals surface area contributed by atoms with E-state index in [4.69, 9.17) is 0 Å². The maximum absolute atomic E-state index is 13.3. The molecule has 0 saturated carbocycles. The van der Waals surface area contributed by atoms with Crippen LogP contribution in [0.5, 0.6) is 0 Å². The van der Waals surface area contributed by atoms with Crippen molar-refractivity contribution in [3.8, 4) is 0 Å². The first kappa shape index (κ1) is 17.0. The molecule has 0 unspecified atom stereocenters. The second-order valence-electron chi connectivity index (χ2n) is 8.50. The van der Waals surface area contributed by atoms with Crippen LogP contribution in [0.3, 0.4) is 0 Å². The van der Waals surface area contributed by atoms with E-state index < -0.39 is 10.0 Å². The van der Waals surface area contributed by atoms with Gasteiger partial charge in [0, 0.05) is 32.4 Å². The fourth-order valence-corrected chi connectivity index (χ4v) is 7.53. The number of sulfonamides is 1. The quantitative estimate of drug-likeness (QED) is 0.741. The Hall–Kier alpha value is -1.18. The molecule has 26 heavy (non-hydrogen) atoms. The molecule has 1 aromatic heterocycles. The highest BCUT2D eigenvalue weighted by molar-refractivity contribution is 7.89. The first-order chi connectivity index (χ1) is 12.5. The Morgan fingerprint density at radius 3 is 2.88 bits per heavy atom. The van der Waals surface area contributed by atoms with Gasteiger partial charge in [-0.2, -0.15) is 4.31 Å². The van der Waals surface area contributed by atoms with E-state index in [1.807, 2.05) is 7.05 Å². The van der Waals surface area contributed by atoms with E-state index >= 15 is 0 Å². The fourth-order valence-electron chi connectivity index (χ4n) is 5.84. The zero-order chi connectivity index (χ0) is 17.9. The van der Waals surface area contributed by atoms with Gasteiger partial charge in [0.05, 0.1) is 12.4 Å². The van der Waals surface area contributed by atoms with Crippen LogP contribution in [0.4, 0.5) is 0 Å². The van der Waals surface area contributed by atoms with E-state index in [1.54, 1.807) is 21.4 Å². The molecule has 0 amide bonds. The summed E-state index contributed by atoms with van der Waals surface area (Å²) < 4.78 is 30.1. The minimum Gasteiger partial charge on any atom is -0.339 e. The summed E-state index contributed by atoms with van der Waals surface area (Å²) in [7, 11) is -1.72. The second kappa shape index (κ2) is 6.17. The zero-order valence-electron chi connectivity index (χ0n) is 15.4. The van der Waals surface area contributed by atoms with Crippen molar-refractivity contribution in [3.63, 3.8) is 0 Å². The second-order valence-corrected chi connectivity index (χ2v) is 10.3. The molecular formula is C19H28N4O2S. The van der Waals surface area contributed by atoms with Crippen molar-refractivity contribution in [1.82, 2.24) is 18.8 Å². The number of imidazole rings is 1. The number of aryl methyl sites for hydroxylation is 1. The Labute approximate surface area is 155 Å². The molecule has 3 saturated heterocycles. The molecule has 5 rings (SSSR count). The summed E-state index contributed by atoms with van der Waals surface area (Å²) in [5, 5.41) is 0.190. The van der Waals surface area contributed by atoms with Crippen molar-refractivity contribution in [1.29, 1.82) is 0 Å². The summed E-state index contributed by atoms with van der Waals surface area (Å²) >= 11 is 0. The zero-order valence-corrected chi connectivity index (χ0v) is 16.2. The molecule has 0 radical (unpaired) electrons. The van der Waals surface area contributed by atoms with Gasteiger partial charge in [-0.15, -0.1) is 0 Å². The van der Waals surface area contributed by atoms with E-state index in [9.17, 15) is 8.42 Å². The molecule has 6 nitrogen and oxygen atoms in total. The molecule has 4 aliphatic rings. The summed E-state index contributed by atoms with van der Waals surface area (Å²) in [6, 6.07) is 0.728. The fraction of sp³-hybridized carbons (Fsp3) is 0.737. The number of hydrogen-bond donors (Lipinski definition) is 0. The molecule has 0 aromatic carbocycles. The molecule has 0 spiro atoms. The van der Waals surface area contributed by atoms with Crippen LogP contribution in [0, 0.1) is 11.8 Å². The monoisotopic (exact) mass is 376 g/mol. The van der Waals surface area contributed by atoms with Gasteiger partial charge >= 0.3 is 0 Å². The van der Waals surface area contributed by atoms with Crippen LogP contribution in [0.15, 0.2) is 29.2 Å². The van der Waals surface area contributed by atoms with Crippen LogP contribution < -0.4 is 0 Å². The molecule has 142 valence electrons. The molecule has 4 heterocycles. The summed E-state index contributed by atoms with van der Waals surface area (Å²) in [6.45, 7) is 2.85. The van der Waals surface area contributed by atoms with E-state index in [0.717, 1.165) is 25.8 Å². The summed E-state index contributed by atoms with van der Waals surface area (Å²) in [5.74, 6) is 1.05. The van der Waals surface area contributed by atoms with Gasteiger partial charge in [0.2, 0.25) is 0 Å². The summed E-state index contributed by atoms with van der Waals surface area (Å²) in [5.41, 5.74) is 1.38. The number of piperidine rings is 3. The molecular weight excluding hydrogens is 348 g/mol. The van der Waals surface area contributed by atoms with Gasteiger partial charge in [-0.3, -0.25) is 4.90 Å². The van der Waals surface area contributed by atoms with Crippen molar-refractivity contribution in [2.24, 2.45) is 18.9 Å². The van der Waals surface area contributed by atoms with Gasteiger partial charge in [0.1, 0.15) is 0 Å². The molecule has 7 heteroatoms. The van der Waals surface area contributed by atoms with Crippen molar-refractivity contribution < 1.29 is 8.42 Å². The maximum Gasteiger partial charge on any atom is 0.262 e. The van der Waals surface area contributed by atoms with Crippen LogP contribution in [0.2, 0.25) is 0 Å². The average Bonchev–Trinajstić information content (AvgIpc) is 3.08. The highest BCUT2D eigenvalue weighted by Crippen LogP contribution is 2.46. The highest BCUT2D eigenvalue weighted by atomic mass is 32.2. The van der Waals surface area contributed by atoms with E-state index in [0.29, 0.717) is 24.4 Å². The van der Waals surface area contributed by atoms with Crippen LogP contribution in [0.25, 0.3) is 0 Å². The molecule has 0 N–H and O–H groups in total. The largest absolute Gasteiger partial charge is 0.339 e. The Bertz CT molecular complexity index is 830. The third-order valence-electron chi connectivity index (χ3n) is 6.87. The SMILES string of the molecule is Cn1cnc(S(=O)(=O)N2CCCC3=C[C@@H]4C[C@@H](CN5CCCC[C@H]45)[C@@H]32)c1. The lowest BCUT2D eigenvalue weighted by molar-refractivity contribution is 0.0149. The molecule has 4 atom stereocenters. The molecule has 1 aliphatic carbocycles. The highest BCUT2D eigenvalue weighted by Gasteiger charge is 2.48. The lowest BCUT2D eigenvalue weighted by Crippen LogP contribution is -2.60. The molecule has 2 bridgehead atoms. The Kier molecular flexibility index (Phi) is 4.03.